The van der Waals surface area contributed by atoms with Crippen molar-refractivity contribution in [2.24, 2.45) is 0 Å². The molecule has 0 saturated heterocycles. The molecule has 0 spiro atoms. The van der Waals surface area contributed by atoms with Crippen molar-refractivity contribution in [3.63, 3.8) is 0 Å². The summed E-state index contributed by atoms with van der Waals surface area (Å²) in [7, 11) is 1.28. The van der Waals surface area contributed by atoms with Crippen LogP contribution in [0.1, 0.15) is 6.92 Å². The molecule has 0 N–H and O–H groups in total. The van der Waals surface area contributed by atoms with Crippen molar-refractivity contribution in [1.82, 2.24) is 0 Å². The first kappa shape index (κ1) is 15.5. The summed E-state index contributed by atoms with van der Waals surface area (Å²) in [6.45, 7) is 5.52. The Morgan fingerprint density at radius 1 is 1.47 bits per heavy atom. The average Bonchev–Trinajstić information content (AvgIpc) is 2.39. The van der Waals surface area contributed by atoms with Crippen LogP contribution in [-0.4, -0.2) is 24.4 Å². The van der Waals surface area contributed by atoms with E-state index in [1.165, 1.54) is 12.5 Å². The lowest BCUT2D eigenvalue weighted by Crippen LogP contribution is -2.02. The summed E-state index contributed by atoms with van der Waals surface area (Å²) in [5, 5.41) is 1.43. The second-order valence-electron chi connectivity index (χ2n) is 2.66. The van der Waals surface area contributed by atoms with E-state index in [1.807, 2.05) is 30.3 Å². The van der Waals surface area contributed by atoms with E-state index >= 15 is 0 Å². The molecule has 0 radical (unpaired) electrons. The molecule has 1 rings (SSSR count). The second kappa shape index (κ2) is 9.74. The minimum Gasteiger partial charge on any atom is -0.607 e. The average molecular weight is 256 g/mol. The van der Waals surface area contributed by atoms with Crippen LogP contribution < -0.4 is 0 Å². The number of hydrogen-bond donors (Lipinski definition) is 0. The van der Waals surface area contributed by atoms with Gasteiger partial charge in [0.1, 0.15) is 5.41 Å². The van der Waals surface area contributed by atoms with E-state index in [1.54, 1.807) is 6.92 Å². The molecule has 0 aromatic heterocycles. The molecule has 0 aliphatic heterocycles. The van der Waals surface area contributed by atoms with Crippen molar-refractivity contribution in [3.05, 3.63) is 42.3 Å². The Hall–Kier alpha value is -1.46. The lowest BCUT2D eigenvalue weighted by Gasteiger charge is -2.01. The van der Waals surface area contributed by atoms with Crippen LogP contribution in [0.15, 0.2) is 47.2 Å². The topological polar surface area (TPSA) is 58.6 Å². The second-order valence-corrected chi connectivity index (χ2v) is 4.06. The smallest absolute Gasteiger partial charge is 0.507 e. The minimum atomic E-state index is -1.03. The van der Waals surface area contributed by atoms with Crippen molar-refractivity contribution in [2.45, 2.75) is 11.8 Å². The van der Waals surface area contributed by atoms with Gasteiger partial charge in [0.15, 0.2) is 4.90 Å². The van der Waals surface area contributed by atoms with E-state index in [2.05, 4.69) is 16.1 Å². The lowest BCUT2D eigenvalue weighted by molar-refractivity contribution is 0.0771. The molecule has 0 bridgehead atoms. The fourth-order valence-electron chi connectivity index (χ4n) is 0.828. The molecule has 4 nitrogen and oxygen atoms in total. The number of methoxy groups -OCH3 is 1. The molecule has 1 aromatic carbocycles. The maximum Gasteiger partial charge on any atom is 0.507 e. The predicted octanol–water partition coefficient (Wildman–Crippen LogP) is 2.73. The zero-order valence-corrected chi connectivity index (χ0v) is 10.7. The highest BCUT2D eigenvalue weighted by Gasteiger charge is 2.02. The van der Waals surface area contributed by atoms with Crippen LogP contribution in [0, 0.1) is 0 Å². The van der Waals surface area contributed by atoms with Gasteiger partial charge in [-0.15, -0.1) is 0 Å². The Balaban J connectivity index is 0.000000325. The summed E-state index contributed by atoms with van der Waals surface area (Å²) in [6.07, 6.45) is -0.623. The highest BCUT2D eigenvalue weighted by molar-refractivity contribution is 7.94. The third-order valence-corrected chi connectivity index (χ3v) is 2.60. The summed E-state index contributed by atoms with van der Waals surface area (Å²) in [4.78, 5) is 10.8. The number of benzene rings is 1. The Morgan fingerprint density at radius 2 is 2.06 bits per heavy atom. The summed E-state index contributed by atoms with van der Waals surface area (Å²) >= 11 is -1.03. The van der Waals surface area contributed by atoms with Crippen LogP contribution in [0.4, 0.5) is 4.79 Å². The van der Waals surface area contributed by atoms with Gasteiger partial charge in [-0.2, -0.15) is 0 Å². The number of carbonyl (C=O) groups excluding carboxylic acids is 1. The van der Waals surface area contributed by atoms with Gasteiger partial charge < -0.3 is 14.0 Å². The summed E-state index contributed by atoms with van der Waals surface area (Å²) in [5.74, 6) is 0. The van der Waals surface area contributed by atoms with Crippen molar-refractivity contribution in [1.29, 1.82) is 0 Å². The Morgan fingerprint density at radius 3 is 2.41 bits per heavy atom. The maximum atomic E-state index is 11.0. The largest absolute Gasteiger partial charge is 0.607 e. The number of carbonyl (C=O) groups is 1. The first-order valence-corrected chi connectivity index (χ1v) is 6.15. The van der Waals surface area contributed by atoms with Crippen LogP contribution in [-0.2, 0) is 20.6 Å². The number of rotatable bonds is 3. The zero-order chi connectivity index (χ0) is 13.1. The van der Waals surface area contributed by atoms with Gasteiger partial charge >= 0.3 is 6.16 Å². The van der Waals surface area contributed by atoms with Crippen molar-refractivity contribution in [2.75, 3.05) is 13.7 Å². The van der Waals surface area contributed by atoms with E-state index in [4.69, 9.17) is 0 Å². The Bertz CT molecular complexity index is 327. The van der Waals surface area contributed by atoms with Gasteiger partial charge in [-0.05, 0) is 19.1 Å². The molecule has 0 aliphatic carbocycles. The fourth-order valence-corrected chi connectivity index (χ4v) is 1.45. The molecule has 5 heteroatoms. The quantitative estimate of drug-likeness (QED) is 0.616. The van der Waals surface area contributed by atoms with Crippen LogP contribution in [0.2, 0.25) is 0 Å². The third kappa shape index (κ3) is 7.43. The van der Waals surface area contributed by atoms with Gasteiger partial charge in [-0.1, -0.05) is 24.8 Å². The molecule has 0 aliphatic rings. The number of ether oxygens (including phenoxy) is 2. The van der Waals surface area contributed by atoms with Gasteiger partial charge in [0.2, 0.25) is 0 Å². The monoisotopic (exact) mass is 256 g/mol. The van der Waals surface area contributed by atoms with E-state index in [-0.39, 0.29) is 0 Å². The third-order valence-electron chi connectivity index (χ3n) is 1.56. The van der Waals surface area contributed by atoms with Gasteiger partial charge in [0.25, 0.3) is 0 Å². The van der Waals surface area contributed by atoms with E-state index < -0.39 is 17.3 Å². The van der Waals surface area contributed by atoms with E-state index in [0.29, 0.717) is 6.61 Å². The normalized spacial score (nSPS) is 10.5. The van der Waals surface area contributed by atoms with Crippen LogP contribution in [0.3, 0.4) is 0 Å². The molecule has 0 saturated carbocycles. The lowest BCUT2D eigenvalue weighted by atomic mass is 10.4. The summed E-state index contributed by atoms with van der Waals surface area (Å²) in [5.41, 5.74) is 0. The first-order chi connectivity index (χ1) is 8.15. The molecule has 1 aromatic rings. The van der Waals surface area contributed by atoms with Crippen LogP contribution >= 0.6 is 0 Å². The highest BCUT2D eigenvalue weighted by Crippen LogP contribution is 2.09. The van der Waals surface area contributed by atoms with Crippen LogP contribution in [0.5, 0.6) is 0 Å². The zero-order valence-electron chi connectivity index (χ0n) is 9.92. The number of hydrogen-bond acceptors (Lipinski definition) is 4. The molecule has 1 atom stereocenters. The minimum absolute atomic E-state index is 0.368. The molecular weight excluding hydrogens is 240 g/mol. The molecule has 1 unspecified atom stereocenters. The SMILES string of the molecule is C=C[S+]([O-])c1ccccc1.CCOC(=O)OC. The molecular formula is C12H16O4S. The van der Waals surface area contributed by atoms with Crippen molar-refractivity contribution < 1.29 is 18.8 Å². The van der Waals surface area contributed by atoms with E-state index in [0.717, 1.165) is 4.90 Å². The molecule has 0 heterocycles. The fraction of sp³-hybridized carbons (Fsp3) is 0.250. The van der Waals surface area contributed by atoms with E-state index in [9.17, 15) is 9.35 Å². The molecule has 0 fully saturated rings. The highest BCUT2D eigenvalue weighted by atomic mass is 32.2. The van der Waals surface area contributed by atoms with Gasteiger partial charge in [-0.3, -0.25) is 0 Å². The first-order valence-electron chi connectivity index (χ1n) is 4.94. The van der Waals surface area contributed by atoms with Crippen molar-refractivity contribution >= 4 is 17.3 Å². The summed E-state index contributed by atoms with van der Waals surface area (Å²) < 4.78 is 19.5. The van der Waals surface area contributed by atoms with Crippen molar-refractivity contribution in [3.8, 4) is 0 Å². The van der Waals surface area contributed by atoms with Crippen LogP contribution in [0.25, 0.3) is 0 Å². The van der Waals surface area contributed by atoms with Gasteiger partial charge in [-0.25, -0.2) is 4.79 Å². The Kier molecular flexibility index (Phi) is 8.91. The molecule has 0 amide bonds. The summed E-state index contributed by atoms with van der Waals surface area (Å²) in [6, 6.07) is 9.24. The molecule has 17 heavy (non-hydrogen) atoms. The molecule has 94 valence electrons. The van der Waals surface area contributed by atoms with Gasteiger partial charge in [0, 0.05) is 11.2 Å². The van der Waals surface area contributed by atoms with Gasteiger partial charge in [0.05, 0.1) is 13.7 Å². The standard InChI is InChI=1S/C8H8OS.C4H8O3/c1-2-10(9)8-6-4-3-5-7-8;1-3-7-4(5)6-2/h2-7H,1H2;3H2,1-2H3. The Labute approximate surface area is 104 Å². The maximum absolute atomic E-state index is 11.0. The predicted molar refractivity (Wildman–Crippen MR) is 67.1 cm³/mol.